The normalized spacial score (nSPS) is 11.3. The summed E-state index contributed by atoms with van der Waals surface area (Å²) in [5.74, 6) is -0.362. The molecule has 12 heteroatoms. The summed E-state index contributed by atoms with van der Waals surface area (Å²) in [6.07, 6.45) is -4.85. The molecule has 0 saturated carbocycles. The van der Waals surface area contributed by atoms with Gasteiger partial charge in [0.2, 0.25) is 5.91 Å². The van der Waals surface area contributed by atoms with Gasteiger partial charge in [-0.15, -0.1) is 0 Å². The number of aryl methyl sites for hydroxylation is 1. The number of hydrogen-bond acceptors (Lipinski definition) is 5. The Bertz CT molecular complexity index is 883. The van der Waals surface area contributed by atoms with Crippen LogP contribution in [-0.2, 0) is 17.5 Å². The Hall–Kier alpha value is -2.63. The van der Waals surface area contributed by atoms with Crippen LogP contribution in [0.3, 0.4) is 0 Å². The van der Waals surface area contributed by atoms with E-state index in [1.807, 2.05) is 0 Å². The largest absolute Gasteiger partial charge is 0.496 e. The van der Waals surface area contributed by atoms with Gasteiger partial charge in [0.25, 0.3) is 5.69 Å². The van der Waals surface area contributed by atoms with Gasteiger partial charge < -0.3 is 10.1 Å². The van der Waals surface area contributed by atoms with E-state index in [9.17, 15) is 28.1 Å². The highest BCUT2D eigenvalue weighted by molar-refractivity contribution is 9.10. The summed E-state index contributed by atoms with van der Waals surface area (Å²) in [6.45, 7) is 1.30. The second-order valence-corrected chi connectivity index (χ2v) is 6.20. The summed E-state index contributed by atoms with van der Waals surface area (Å²) in [5.41, 5.74) is -1.27. The number of benzene rings is 1. The first-order valence-corrected chi connectivity index (χ1v) is 8.26. The van der Waals surface area contributed by atoms with Gasteiger partial charge in [0, 0.05) is 6.42 Å². The van der Waals surface area contributed by atoms with Crippen molar-refractivity contribution in [2.45, 2.75) is 26.1 Å². The number of methoxy groups -OCH3 is 1. The number of aromatic nitrogens is 2. The standard InChI is InChI=1S/C15H14BrF3N4O4/c1-8-13(16)14(15(17,18)19)21-22(8)6-5-12(24)20-10-4-3-9(27-2)7-11(10)23(25)26/h3-4,7H,5-6H2,1-2H3,(H,20,24). The maximum atomic E-state index is 12.9. The minimum Gasteiger partial charge on any atom is -0.496 e. The van der Waals surface area contributed by atoms with E-state index in [0.29, 0.717) is 0 Å². The van der Waals surface area contributed by atoms with Crippen molar-refractivity contribution in [2.75, 3.05) is 12.4 Å². The molecule has 0 aliphatic carbocycles. The zero-order valence-electron chi connectivity index (χ0n) is 14.1. The van der Waals surface area contributed by atoms with Crippen LogP contribution in [0.5, 0.6) is 5.75 Å². The van der Waals surface area contributed by atoms with E-state index < -0.39 is 22.7 Å². The van der Waals surface area contributed by atoms with Gasteiger partial charge in [-0.2, -0.15) is 18.3 Å². The van der Waals surface area contributed by atoms with Gasteiger partial charge in [-0.05, 0) is 35.0 Å². The van der Waals surface area contributed by atoms with Crippen LogP contribution in [0.1, 0.15) is 17.8 Å². The third-order valence-electron chi connectivity index (χ3n) is 3.63. The predicted molar refractivity (Wildman–Crippen MR) is 92.6 cm³/mol. The number of nitrogens with zero attached hydrogens (tertiary/aromatic N) is 3. The molecule has 2 aromatic rings. The average molecular weight is 451 g/mol. The topological polar surface area (TPSA) is 99.3 Å². The number of amides is 1. The molecule has 1 aromatic heterocycles. The molecular formula is C15H14BrF3N4O4. The Morgan fingerprint density at radius 1 is 1.44 bits per heavy atom. The monoisotopic (exact) mass is 450 g/mol. The van der Waals surface area contributed by atoms with Crippen molar-refractivity contribution in [3.8, 4) is 5.75 Å². The minimum atomic E-state index is -4.62. The Kier molecular flexibility index (Phi) is 6.08. The number of anilines is 1. The number of carbonyl (C=O) groups excluding carboxylic acids is 1. The van der Waals surface area contributed by atoms with Crippen molar-refractivity contribution in [3.05, 3.63) is 44.2 Å². The molecular weight excluding hydrogens is 437 g/mol. The number of halogens is 4. The number of carbonyl (C=O) groups is 1. The smallest absolute Gasteiger partial charge is 0.436 e. The highest BCUT2D eigenvalue weighted by Crippen LogP contribution is 2.35. The van der Waals surface area contributed by atoms with Crippen molar-refractivity contribution in [3.63, 3.8) is 0 Å². The van der Waals surface area contributed by atoms with Crippen molar-refractivity contribution in [1.29, 1.82) is 0 Å². The van der Waals surface area contributed by atoms with E-state index in [-0.39, 0.29) is 40.3 Å². The minimum absolute atomic E-state index is 0.0415. The molecule has 0 saturated heterocycles. The second kappa shape index (κ2) is 7.94. The van der Waals surface area contributed by atoms with Gasteiger partial charge in [-0.3, -0.25) is 19.6 Å². The fourth-order valence-electron chi connectivity index (χ4n) is 2.24. The van der Waals surface area contributed by atoms with Crippen molar-refractivity contribution < 1.29 is 27.6 Å². The first-order chi connectivity index (χ1) is 12.5. The fraction of sp³-hybridized carbons (Fsp3) is 0.333. The first-order valence-electron chi connectivity index (χ1n) is 7.47. The SMILES string of the molecule is COc1ccc(NC(=O)CCn2nc(C(F)(F)F)c(Br)c2C)c([N+](=O)[O-])c1. The first kappa shape index (κ1) is 20.7. The van der Waals surface area contributed by atoms with E-state index >= 15 is 0 Å². The third kappa shape index (κ3) is 4.76. The van der Waals surface area contributed by atoms with E-state index in [2.05, 4.69) is 26.3 Å². The van der Waals surface area contributed by atoms with Crippen LogP contribution in [-0.4, -0.2) is 27.7 Å². The highest BCUT2D eigenvalue weighted by Gasteiger charge is 2.37. The van der Waals surface area contributed by atoms with E-state index in [4.69, 9.17) is 4.74 Å². The number of ether oxygens (including phenoxy) is 1. The zero-order chi connectivity index (χ0) is 20.4. The quantitative estimate of drug-likeness (QED) is 0.530. The lowest BCUT2D eigenvalue weighted by molar-refractivity contribution is -0.384. The van der Waals surface area contributed by atoms with Gasteiger partial charge in [-0.25, -0.2) is 0 Å². The van der Waals surface area contributed by atoms with Crippen LogP contribution in [0.4, 0.5) is 24.5 Å². The Balaban J connectivity index is 2.11. The number of nitrogens with one attached hydrogen (secondary N) is 1. The van der Waals surface area contributed by atoms with Crippen molar-refractivity contribution in [2.24, 2.45) is 0 Å². The molecule has 2 rings (SSSR count). The van der Waals surface area contributed by atoms with E-state index in [0.717, 1.165) is 10.7 Å². The summed E-state index contributed by atoms with van der Waals surface area (Å²) in [4.78, 5) is 22.5. The van der Waals surface area contributed by atoms with Gasteiger partial charge in [0.15, 0.2) is 5.69 Å². The van der Waals surface area contributed by atoms with Gasteiger partial charge in [0.05, 0.1) is 34.8 Å². The van der Waals surface area contributed by atoms with Crippen LogP contribution in [0, 0.1) is 17.0 Å². The van der Waals surface area contributed by atoms with E-state index in [1.54, 1.807) is 0 Å². The molecule has 27 heavy (non-hydrogen) atoms. The van der Waals surface area contributed by atoms with Crippen molar-refractivity contribution >= 4 is 33.2 Å². The molecule has 0 atom stereocenters. The van der Waals surface area contributed by atoms with Crippen LogP contribution < -0.4 is 10.1 Å². The molecule has 1 aromatic carbocycles. The lowest BCUT2D eigenvalue weighted by Crippen LogP contribution is -2.17. The van der Waals surface area contributed by atoms with Gasteiger partial charge in [-0.1, -0.05) is 0 Å². The fourth-order valence-corrected chi connectivity index (χ4v) is 2.75. The zero-order valence-corrected chi connectivity index (χ0v) is 15.7. The predicted octanol–water partition coefficient (Wildman–Crippen LogP) is 3.92. The Morgan fingerprint density at radius 3 is 2.63 bits per heavy atom. The molecule has 0 unspecified atom stereocenters. The number of rotatable bonds is 6. The second-order valence-electron chi connectivity index (χ2n) is 5.41. The molecule has 146 valence electrons. The molecule has 8 nitrogen and oxygen atoms in total. The highest BCUT2D eigenvalue weighted by atomic mass is 79.9. The van der Waals surface area contributed by atoms with Crippen LogP contribution >= 0.6 is 15.9 Å². The summed E-state index contributed by atoms with van der Waals surface area (Å²) in [5, 5.41) is 16.9. The van der Waals surface area contributed by atoms with Crippen LogP contribution in [0.25, 0.3) is 0 Å². The molecule has 0 radical (unpaired) electrons. The molecule has 1 heterocycles. The molecule has 0 spiro atoms. The van der Waals surface area contributed by atoms with Gasteiger partial charge >= 0.3 is 6.18 Å². The third-order valence-corrected chi connectivity index (χ3v) is 4.58. The molecule has 0 aliphatic rings. The molecule has 0 aliphatic heterocycles. The number of nitro groups is 1. The van der Waals surface area contributed by atoms with Crippen molar-refractivity contribution in [1.82, 2.24) is 9.78 Å². The lowest BCUT2D eigenvalue weighted by atomic mass is 10.2. The number of nitro benzene ring substituents is 1. The Labute approximate surface area is 159 Å². The molecule has 1 amide bonds. The van der Waals surface area contributed by atoms with E-state index in [1.165, 1.54) is 26.2 Å². The van der Waals surface area contributed by atoms with Gasteiger partial charge in [0.1, 0.15) is 11.4 Å². The molecule has 0 fully saturated rings. The maximum absolute atomic E-state index is 12.9. The van der Waals surface area contributed by atoms with Crippen LogP contribution in [0.15, 0.2) is 22.7 Å². The summed E-state index contributed by atoms with van der Waals surface area (Å²) >= 11 is 2.85. The summed E-state index contributed by atoms with van der Waals surface area (Å²) < 4.78 is 44.3. The lowest BCUT2D eigenvalue weighted by Gasteiger charge is -2.08. The molecule has 0 bridgehead atoms. The maximum Gasteiger partial charge on any atom is 0.436 e. The number of hydrogen-bond donors (Lipinski definition) is 1. The summed E-state index contributed by atoms with van der Waals surface area (Å²) in [7, 11) is 1.34. The average Bonchev–Trinajstić information content (AvgIpc) is 2.88. The summed E-state index contributed by atoms with van der Waals surface area (Å²) in [6, 6.07) is 3.90. The molecule has 1 N–H and O–H groups in total. The van der Waals surface area contributed by atoms with Crippen LogP contribution in [0.2, 0.25) is 0 Å². The number of alkyl halides is 3. The Morgan fingerprint density at radius 2 is 2.11 bits per heavy atom.